The lowest BCUT2D eigenvalue weighted by molar-refractivity contribution is -0.151. The second kappa shape index (κ2) is 6.16. The number of hydrogen-bond acceptors (Lipinski definition) is 2. The van der Waals surface area contributed by atoms with Gasteiger partial charge in [-0.3, -0.25) is 9.59 Å². The van der Waals surface area contributed by atoms with E-state index < -0.39 is 23.3 Å². The van der Waals surface area contributed by atoms with E-state index in [1.165, 1.54) is 6.08 Å². The molecule has 0 fully saturated rings. The van der Waals surface area contributed by atoms with Crippen LogP contribution in [0.2, 0.25) is 0 Å². The van der Waals surface area contributed by atoms with E-state index in [1.54, 1.807) is 66.7 Å². The minimum Gasteiger partial charge on any atom is -0.481 e. The maximum absolute atomic E-state index is 12.2. The van der Waals surface area contributed by atoms with Crippen molar-refractivity contribution in [3.63, 3.8) is 0 Å². The molecule has 0 heterocycles. The Bertz CT molecular complexity index is 821. The summed E-state index contributed by atoms with van der Waals surface area (Å²) in [5.74, 6) is -3.57. The number of benzene rings is 2. The van der Waals surface area contributed by atoms with Crippen molar-refractivity contribution in [2.45, 2.75) is 5.41 Å². The first-order valence-corrected chi connectivity index (χ1v) is 7.54. The fraction of sp³-hybridized carbons (Fsp3) is 0.100. The van der Waals surface area contributed by atoms with Gasteiger partial charge in [0, 0.05) is 0 Å². The molecule has 1 aliphatic rings. The third-order valence-electron chi connectivity index (χ3n) is 4.36. The van der Waals surface area contributed by atoms with Crippen LogP contribution in [0.5, 0.6) is 0 Å². The molecule has 0 saturated carbocycles. The summed E-state index contributed by atoms with van der Waals surface area (Å²) >= 11 is 0. The van der Waals surface area contributed by atoms with E-state index in [2.05, 4.69) is 0 Å². The van der Waals surface area contributed by atoms with Crippen LogP contribution in [0.1, 0.15) is 11.1 Å². The molecule has 2 N–H and O–H groups in total. The van der Waals surface area contributed by atoms with Gasteiger partial charge >= 0.3 is 11.9 Å². The van der Waals surface area contributed by atoms with E-state index in [1.807, 2.05) is 6.07 Å². The van der Waals surface area contributed by atoms with E-state index in [0.29, 0.717) is 16.7 Å². The molecule has 0 spiro atoms. The van der Waals surface area contributed by atoms with Crippen LogP contribution in [-0.4, -0.2) is 22.2 Å². The van der Waals surface area contributed by atoms with E-state index in [9.17, 15) is 19.8 Å². The lowest BCUT2D eigenvalue weighted by atomic mass is 9.64. The summed E-state index contributed by atoms with van der Waals surface area (Å²) < 4.78 is 0. The predicted octanol–water partition coefficient (Wildman–Crippen LogP) is 3.36. The quantitative estimate of drug-likeness (QED) is 0.906. The molecule has 4 heteroatoms. The van der Waals surface area contributed by atoms with E-state index in [0.717, 1.165) is 0 Å². The van der Waals surface area contributed by atoms with Crippen LogP contribution in [-0.2, 0) is 15.0 Å². The van der Waals surface area contributed by atoms with Gasteiger partial charge in [-0.25, -0.2) is 0 Å². The maximum Gasteiger partial charge on any atom is 0.319 e. The van der Waals surface area contributed by atoms with Gasteiger partial charge in [-0.2, -0.15) is 0 Å². The largest absolute Gasteiger partial charge is 0.481 e. The van der Waals surface area contributed by atoms with Crippen molar-refractivity contribution in [1.29, 1.82) is 0 Å². The average Bonchev–Trinajstić information content (AvgIpc) is 2.62. The molecule has 2 aromatic rings. The second-order valence-corrected chi connectivity index (χ2v) is 5.66. The Morgan fingerprint density at radius 2 is 1.46 bits per heavy atom. The molecule has 3 rings (SSSR count). The molecule has 0 saturated heterocycles. The van der Waals surface area contributed by atoms with Gasteiger partial charge in [-0.05, 0) is 16.7 Å². The first kappa shape index (κ1) is 15.7. The predicted molar refractivity (Wildman–Crippen MR) is 90.4 cm³/mol. The Balaban J connectivity index is 2.24. The Morgan fingerprint density at radius 1 is 0.875 bits per heavy atom. The molecule has 24 heavy (non-hydrogen) atoms. The van der Waals surface area contributed by atoms with Crippen LogP contribution < -0.4 is 0 Å². The van der Waals surface area contributed by atoms with Crippen LogP contribution >= 0.6 is 0 Å². The fourth-order valence-electron chi connectivity index (χ4n) is 3.26. The smallest absolute Gasteiger partial charge is 0.319 e. The lowest BCUT2D eigenvalue weighted by Crippen LogP contribution is -2.46. The molecule has 0 bridgehead atoms. The first-order valence-electron chi connectivity index (χ1n) is 7.54. The van der Waals surface area contributed by atoms with Gasteiger partial charge in [-0.1, -0.05) is 78.9 Å². The van der Waals surface area contributed by atoms with Gasteiger partial charge in [0.15, 0.2) is 0 Å². The second-order valence-electron chi connectivity index (χ2n) is 5.66. The molecule has 1 aliphatic carbocycles. The van der Waals surface area contributed by atoms with Gasteiger partial charge in [-0.15, -0.1) is 0 Å². The molecule has 2 aromatic carbocycles. The van der Waals surface area contributed by atoms with E-state index >= 15 is 0 Å². The zero-order valence-corrected chi connectivity index (χ0v) is 12.8. The number of rotatable bonds is 4. The Labute approximate surface area is 139 Å². The van der Waals surface area contributed by atoms with Gasteiger partial charge in [0.05, 0.1) is 0 Å². The van der Waals surface area contributed by atoms with Crippen LogP contribution in [0.4, 0.5) is 0 Å². The molecule has 120 valence electrons. The molecule has 0 radical (unpaired) electrons. The van der Waals surface area contributed by atoms with Crippen LogP contribution in [0.25, 0.3) is 5.57 Å². The van der Waals surface area contributed by atoms with Crippen molar-refractivity contribution in [3.8, 4) is 0 Å². The van der Waals surface area contributed by atoms with Crippen molar-refractivity contribution < 1.29 is 19.8 Å². The minimum absolute atomic E-state index is 0.447. The number of carboxylic acids is 2. The summed E-state index contributed by atoms with van der Waals surface area (Å²) in [5.41, 5.74) is -0.0112. The maximum atomic E-state index is 12.2. The Morgan fingerprint density at radius 3 is 2.00 bits per heavy atom. The normalized spacial score (nSPS) is 22.7. The fourth-order valence-corrected chi connectivity index (χ4v) is 3.26. The molecule has 0 aliphatic heterocycles. The van der Waals surface area contributed by atoms with Crippen molar-refractivity contribution in [2.75, 3.05) is 0 Å². The summed E-state index contributed by atoms with van der Waals surface area (Å²) in [6.45, 7) is 0. The summed E-state index contributed by atoms with van der Waals surface area (Å²) in [5, 5.41) is 19.9. The lowest BCUT2D eigenvalue weighted by Gasteiger charge is -2.36. The topological polar surface area (TPSA) is 74.6 Å². The van der Waals surface area contributed by atoms with Gasteiger partial charge in [0.2, 0.25) is 0 Å². The van der Waals surface area contributed by atoms with Crippen molar-refractivity contribution in [2.24, 2.45) is 5.92 Å². The third-order valence-corrected chi connectivity index (χ3v) is 4.36. The standard InChI is InChI=1S/C20H16O4/c21-18(22)17-16(14-8-3-1-4-9-14)12-7-13-20(17,19(23)24)15-10-5-2-6-11-15/h1-13,17H,(H,21,22)(H,23,24). The van der Waals surface area contributed by atoms with Crippen LogP contribution in [0.3, 0.4) is 0 Å². The highest BCUT2D eigenvalue weighted by molar-refractivity contribution is 6.00. The molecular weight excluding hydrogens is 304 g/mol. The van der Waals surface area contributed by atoms with Crippen LogP contribution in [0, 0.1) is 5.92 Å². The highest BCUT2D eigenvalue weighted by atomic mass is 16.4. The summed E-state index contributed by atoms with van der Waals surface area (Å²) in [6, 6.07) is 17.5. The van der Waals surface area contributed by atoms with Crippen molar-refractivity contribution >= 4 is 17.5 Å². The molecule has 2 unspecified atom stereocenters. The van der Waals surface area contributed by atoms with E-state index in [-0.39, 0.29) is 0 Å². The van der Waals surface area contributed by atoms with Gasteiger partial charge in [0.25, 0.3) is 0 Å². The highest BCUT2D eigenvalue weighted by Crippen LogP contribution is 2.44. The number of hydrogen-bond donors (Lipinski definition) is 2. The number of aliphatic carboxylic acids is 2. The third kappa shape index (κ3) is 2.42. The van der Waals surface area contributed by atoms with Gasteiger partial charge < -0.3 is 10.2 Å². The number of allylic oxidation sites excluding steroid dienone is 2. The minimum atomic E-state index is -1.65. The SMILES string of the molecule is O=C(O)C1C(c2ccccc2)=CC=CC1(C(=O)O)c1ccccc1. The highest BCUT2D eigenvalue weighted by Gasteiger charge is 2.52. The zero-order chi connectivity index (χ0) is 17.2. The molecule has 0 aromatic heterocycles. The van der Waals surface area contributed by atoms with Crippen LogP contribution in [0.15, 0.2) is 78.9 Å². The molecule has 4 nitrogen and oxygen atoms in total. The van der Waals surface area contributed by atoms with Gasteiger partial charge in [0.1, 0.15) is 11.3 Å². The molecule has 2 atom stereocenters. The van der Waals surface area contributed by atoms with Crippen molar-refractivity contribution in [3.05, 3.63) is 90.0 Å². The Kier molecular flexibility index (Phi) is 4.04. The molecule has 0 amide bonds. The average molecular weight is 320 g/mol. The number of carbonyl (C=O) groups is 2. The first-order chi connectivity index (χ1) is 11.6. The summed E-state index contributed by atoms with van der Waals surface area (Å²) in [6.07, 6.45) is 4.77. The Hall–Kier alpha value is -3.14. The summed E-state index contributed by atoms with van der Waals surface area (Å²) in [4.78, 5) is 24.3. The summed E-state index contributed by atoms with van der Waals surface area (Å²) in [7, 11) is 0. The number of carboxylic acid groups (broad SMARTS) is 2. The monoisotopic (exact) mass is 320 g/mol. The van der Waals surface area contributed by atoms with E-state index in [4.69, 9.17) is 0 Å². The molecular formula is C20H16O4. The zero-order valence-electron chi connectivity index (χ0n) is 12.8. The van der Waals surface area contributed by atoms with Crippen molar-refractivity contribution in [1.82, 2.24) is 0 Å².